The number of aliphatic hydroxyl groups is 4. The average molecular weight is 894 g/mol. The number of rotatable bonds is 26. The molecule has 2 heterocycles. The molecule has 0 saturated carbocycles. The Morgan fingerprint density at radius 2 is 1.48 bits per heavy atom. The lowest BCUT2D eigenvalue weighted by molar-refractivity contribution is -0.277. The smallest absolute Gasteiger partial charge is 0.311 e. The van der Waals surface area contributed by atoms with Gasteiger partial charge in [-0.2, -0.15) is 0 Å². The van der Waals surface area contributed by atoms with Crippen LogP contribution in [0.1, 0.15) is 58.9 Å². The van der Waals surface area contributed by atoms with E-state index in [1.54, 1.807) is 27.7 Å². The van der Waals surface area contributed by atoms with Gasteiger partial charge in [-0.05, 0) is 38.5 Å². The molecule has 0 unspecified atom stereocenters. The Hall–Kier alpha value is -5.36. The van der Waals surface area contributed by atoms with Gasteiger partial charge in [-0.3, -0.25) is 43.3 Å². The first-order valence-corrected chi connectivity index (χ1v) is 20.4. The van der Waals surface area contributed by atoms with Crippen LogP contribution in [-0.4, -0.2) is 162 Å². The molecule has 1 aromatic carbocycles. The van der Waals surface area contributed by atoms with E-state index in [1.807, 2.05) is 0 Å². The van der Waals surface area contributed by atoms with Crippen molar-refractivity contribution in [3.05, 3.63) is 35.9 Å². The Balaban J connectivity index is 1.32. The van der Waals surface area contributed by atoms with Crippen molar-refractivity contribution in [1.82, 2.24) is 20.9 Å². The summed E-state index contributed by atoms with van der Waals surface area (Å²) in [4.78, 5) is 98.3. The number of hydrogen-bond donors (Lipinski definition) is 8. The fourth-order valence-electron chi connectivity index (χ4n) is 5.73. The van der Waals surface area contributed by atoms with Gasteiger partial charge >= 0.3 is 5.97 Å². The number of amides is 6. The highest BCUT2D eigenvalue weighted by molar-refractivity contribution is 6.13. The van der Waals surface area contributed by atoms with E-state index in [4.69, 9.17) is 23.7 Å². The van der Waals surface area contributed by atoms with Crippen molar-refractivity contribution in [2.24, 2.45) is 11.3 Å². The third-order valence-corrected chi connectivity index (χ3v) is 9.38. The van der Waals surface area contributed by atoms with Crippen LogP contribution in [0.2, 0.25) is 0 Å². The number of esters is 1. The molecular weight excluding hydrogens is 834 g/mol. The maximum Gasteiger partial charge on any atom is 0.311 e. The quantitative estimate of drug-likeness (QED) is 0.0282. The Bertz CT molecular complexity index is 1780. The molecule has 3 rings (SSSR count). The van der Waals surface area contributed by atoms with Crippen molar-refractivity contribution in [1.29, 1.82) is 0 Å². The van der Waals surface area contributed by atoms with Crippen LogP contribution in [0.4, 0.5) is 5.69 Å². The van der Waals surface area contributed by atoms with Crippen LogP contribution in [0.15, 0.2) is 30.4 Å². The predicted octanol–water partition coefficient (Wildman–Crippen LogP) is -2.03. The van der Waals surface area contributed by atoms with E-state index in [2.05, 4.69) is 21.3 Å². The lowest BCUT2D eigenvalue weighted by Crippen LogP contribution is -2.60. The monoisotopic (exact) mass is 893 g/mol. The van der Waals surface area contributed by atoms with Gasteiger partial charge in [0.2, 0.25) is 29.9 Å². The Kier molecular flexibility index (Phi) is 21.2. The van der Waals surface area contributed by atoms with E-state index < -0.39 is 84.2 Å². The van der Waals surface area contributed by atoms with Crippen LogP contribution >= 0.6 is 0 Å². The van der Waals surface area contributed by atoms with E-state index in [9.17, 15) is 58.8 Å². The second-order valence-electron chi connectivity index (χ2n) is 15.7. The zero-order chi connectivity index (χ0) is 46.7. The number of hydrogen-bond acceptors (Lipinski definition) is 17. The number of aliphatic hydroxyl groups excluding tert-OH is 4. The summed E-state index contributed by atoms with van der Waals surface area (Å²) in [5, 5.41) is 50.7. The molecule has 1 aromatic rings. The normalized spacial score (nSPS) is 20.2. The summed E-state index contributed by atoms with van der Waals surface area (Å²) in [5.74, 6) is -4.15. The third kappa shape index (κ3) is 17.7. The number of anilines is 1. The highest BCUT2D eigenvalue weighted by Crippen LogP contribution is 2.31. The van der Waals surface area contributed by atoms with E-state index in [-0.39, 0.29) is 108 Å². The minimum atomic E-state index is -1.73. The topological polar surface area (TPSA) is 315 Å². The number of Topliss-reactive ketones (excluding diaryl/α,β-unsaturated/α-hetero) is 1. The summed E-state index contributed by atoms with van der Waals surface area (Å²) in [6.45, 7) is 5.73. The summed E-state index contributed by atoms with van der Waals surface area (Å²) >= 11 is 0. The molecule has 22 heteroatoms. The van der Waals surface area contributed by atoms with Crippen LogP contribution in [-0.2, 0) is 63.9 Å². The molecule has 6 atom stereocenters. The molecule has 63 heavy (non-hydrogen) atoms. The number of ether oxygens (including phenoxy) is 5. The number of imide groups is 1. The van der Waals surface area contributed by atoms with Crippen molar-refractivity contribution in [2.75, 3.05) is 64.5 Å². The highest BCUT2D eigenvalue weighted by atomic mass is 16.7. The van der Waals surface area contributed by atoms with E-state index in [1.165, 1.54) is 18.2 Å². The van der Waals surface area contributed by atoms with Gasteiger partial charge in [-0.1, -0.05) is 13.0 Å². The molecule has 6 amide bonds. The SMILES string of the molecule is C[C@@H](CC(=O)CCOCCNC(=O)CCN1C(=O)C=CC1=O)C(=O)NCCOCC(=O)NCCC(=O)Nc1cc(COC(=O)C(C)(C)C)ccc1O[C@@H]1O[C@H](CO)[C@H](O)[C@H](O)[C@H]1O. The van der Waals surface area contributed by atoms with E-state index >= 15 is 0 Å². The van der Waals surface area contributed by atoms with Gasteiger partial charge in [0.1, 0.15) is 49.2 Å². The van der Waals surface area contributed by atoms with Crippen LogP contribution in [0.25, 0.3) is 0 Å². The molecule has 1 fully saturated rings. The first kappa shape index (κ1) is 52.0. The highest BCUT2D eigenvalue weighted by Gasteiger charge is 2.45. The zero-order valence-electron chi connectivity index (χ0n) is 35.8. The van der Waals surface area contributed by atoms with Crippen LogP contribution in [0.5, 0.6) is 5.75 Å². The molecule has 8 N–H and O–H groups in total. The maximum absolute atomic E-state index is 12.9. The molecule has 0 spiro atoms. The van der Waals surface area contributed by atoms with Gasteiger partial charge in [-0.25, -0.2) is 0 Å². The molecule has 1 saturated heterocycles. The molecule has 0 aliphatic carbocycles. The zero-order valence-corrected chi connectivity index (χ0v) is 35.8. The maximum atomic E-state index is 12.9. The van der Waals surface area contributed by atoms with Crippen molar-refractivity contribution in [3.63, 3.8) is 0 Å². The molecule has 0 bridgehead atoms. The standard InChI is InChI=1S/C41H59N5O17/c1-24(19-26(48)11-16-59-17-13-43-30(49)10-15-46-33(52)7-8-34(46)53)38(57)44-14-18-60-23-32(51)42-12-9-31(50)45-27-20-25(22-61-40(58)41(2,3)4)5-6-28(27)62-39-37(56)36(55)35(54)29(21-47)63-39/h5-8,20,24,29,35-37,39,47,54-56H,9-19,21-23H2,1-4H3,(H,42,51)(H,43,49)(H,44,57)(H,45,50)/t24-,29+,35-,36-,37+,39+/m0/s1. The largest absolute Gasteiger partial charge is 0.460 e. The number of ketones is 1. The lowest BCUT2D eigenvalue weighted by atomic mass is 9.97. The molecule has 22 nitrogen and oxygen atoms in total. The number of nitrogens with zero attached hydrogens (tertiary/aromatic N) is 1. The van der Waals surface area contributed by atoms with Crippen LogP contribution in [0.3, 0.4) is 0 Å². The molecule has 0 radical (unpaired) electrons. The van der Waals surface area contributed by atoms with Crippen LogP contribution < -0.4 is 26.0 Å². The Morgan fingerprint density at radius 1 is 0.810 bits per heavy atom. The average Bonchev–Trinajstić information content (AvgIpc) is 3.55. The van der Waals surface area contributed by atoms with Crippen LogP contribution in [0, 0.1) is 11.3 Å². The van der Waals surface area contributed by atoms with Crippen molar-refractivity contribution >= 4 is 52.9 Å². The molecule has 2 aliphatic rings. The summed E-state index contributed by atoms with van der Waals surface area (Å²) in [7, 11) is 0. The summed E-state index contributed by atoms with van der Waals surface area (Å²) in [6.07, 6.45) is -5.82. The minimum absolute atomic E-state index is 0.0188. The molecule has 2 aliphatic heterocycles. The molecule has 350 valence electrons. The van der Waals surface area contributed by atoms with Gasteiger partial charge in [0.25, 0.3) is 11.8 Å². The molecule has 0 aromatic heterocycles. The van der Waals surface area contributed by atoms with Crippen molar-refractivity contribution < 1.29 is 82.5 Å². The summed E-state index contributed by atoms with van der Waals surface area (Å²) < 4.78 is 27.2. The first-order valence-electron chi connectivity index (χ1n) is 20.4. The number of carbonyl (C=O) groups is 8. The number of nitrogens with one attached hydrogen (secondary N) is 4. The van der Waals surface area contributed by atoms with Gasteiger partial charge in [0, 0.05) is 69.9 Å². The van der Waals surface area contributed by atoms with Gasteiger partial charge in [0.05, 0.1) is 37.5 Å². The Labute approximate surface area is 363 Å². The van der Waals surface area contributed by atoms with E-state index in [0.717, 1.165) is 17.1 Å². The van der Waals surface area contributed by atoms with Crippen molar-refractivity contribution in [3.8, 4) is 5.75 Å². The lowest BCUT2D eigenvalue weighted by Gasteiger charge is -2.39. The predicted molar refractivity (Wildman–Crippen MR) is 218 cm³/mol. The second kappa shape index (κ2) is 25.7. The van der Waals surface area contributed by atoms with Gasteiger partial charge in [0.15, 0.2) is 0 Å². The second-order valence-corrected chi connectivity index (χ2v) is 15.7. The third-order valence-electron chi connectivity index (χ3n) is 9.38. The van der Waals surface area contributed by atoms with Gasteiger partial charge in [-0.15, -0.1) is 0 Å². The molecular formula is C41H59N5O17. The summed E-state index contributed by atoms with van der Waals surface area (Å²) in [5.41, 5.74) is -0.253. The van der Waals surface area contributed by atoms with Crippen molar-refractivity contribution in [2.45, 2.75) is 90.7 Å². The summed E-state index contributed by atoms with van der Waals surface area (Å²) in [6, 6.07) is 4.39. The fraction of sp³-hybridized carbons (Fsp3) is 0.610. The van der Waals surface area contributed by atoms with Gasteiger partial charge < -0.3 is 65.4 Å². The Morgan fingerprint density at radius 3 is 2.16 bits per heavy atom. The minimum Gasteiger partial charge on any atom is -0.460 e. The fourth-order valence-corrected chi connectivity index (χ4v) is 5.73. The first-order chi connectivity index (χ1) is 29.8. The number of benzene rings is 1. The number of carbonyl (C=O) groups excluding carboxylic acids is 8. The van der Waals surface area contributed by atoms with E-state index in [0.29, 0.717) is 5.56 Å².